The van der Waals surface area contributed by atoms with E-state index in [-0.39, 0.29) is 245 Å². The van der Waals surface area contributed by atoms with Crippen molar-refractivity contribution in [2.45, 2.75) is 384 Å². The summed E-state index contributed by atoms with van der Waals surface area (Å²) >= 11 is 0. The number of ether oxygens (including phenoxy) is 11. The lowest BCUT2D eigenvalue weighted by Gasteiger charge is -2.01. The standard InChI is InChI=1S/2C13H24O3.4C9H14O4.5C9H16O3/c1-3-4-5-8-12(14)11-13(15)9-6-7-10-16-2;1-3-4-5-6-9-12(14)13(15)10-7-8-11-16-2;1-7(10)5-8(11)3-4-9(12)6-13-2;1-7(10)3-4-8(11)5-9(12)6-13-2;1-7(10)9(12)5-3-4-8(11)6-13-2;1-7(10)4-3-5-8(11)9(12)6-13-2;1-8(10)5-3-4-6-9(11)7-12-2;1-3-8(10)5-4-6-9(11)7-12-2;1-3-4-8(10)5-6-9(11)7-12-2;1-3-4-5-8(10)6-9(11)7-12-2;1-3-4-5-6-8(10)9(11)7-12-2/h2*3-11H2,1-2H3;4*3-6H2,1-2H3;5*3-7H2,1-2H3. The zero-order valence-corrected chi connectivity index (χ0v) is 91.8. The molecular weight excluding hydrogens is 1880 g/mol. The summed E-state index contributed by atoms with van der Waals surface area (Å²) in [5.41, 5.74) is 0. The Morgan fingerprint density at radius 1 is 0.146 bits per heavy atom. The number of carbonyl (C=O) groups excluding carboxylic acids is 26. The van der Waals surface area contributed by atoms with Gasteiger partial charge in [0.1, 0.15) is 123 Å². The van der Waals surface area contributed by atoms with Gasteiger partial charge < -0.3 is 66.5 Å². The smallest absolute Gasteiger partial charge is 0.223 e. The van der Waals surface area contributed by atoms with Gasteiger partial charge in [0.25, 0.3) is 0 Å². The predicted molar refractivity (Wildman–Crippen MR) is 545 cm³/mol. The molecule has 0 aromatic heterocycles. The van der Waals surface area contributed by atoms with Crippen LogP contribution in [0.2, 0.25) is 0 Å². The molecule has 0 bridgehead atoms. The Morgan fingerprint density at radius 2 is 0.375 bits per heavy atom. The van der Waals surface area contributed by atoms with Gasteiger partial charge in [0.15, 0.2) is 63.6 Å². The molecule has 0 aliphatic carbocycles. The van der Waals surface area contributed by atoms with Gasteiger partial charge >= 0.3 is 0 Å². The molecule has 0 atom stereocenters. The first-order chi connectivity index (χ1) is 68.2. The Labute approximate surface area is 858 Å². The fraction of sp³-hybridized carbons (Fsp3) is 0.757. The molecule has 0 aromatic rings. The first-order valence-electron chi connectivity index (χ1n) is 50.0. The van der Waals surface area contributed by atoms with E-state index in [1.807, 2.05) is 20.8 Å². The highest BCUT2D eigenvalue weighted by Crippen LogP contribution is 2.11. The molecule has 37 nitrogen and oxygen atoms in total. The summed E-state index contributed by atoms with van der Waals surface area (Å²) in [5, 5.41) is 0. The highest BCUT2D eigenvalue weighted by atomic mass is 16.5. The molecule has 0 radical (unpaired) electrons. The van der Waals surface area contributed by atoms with Crippen molar-refractivity contribution >= 4 is 150 Å². The van der Waals surface area contributed by atoms with Crippen molar-refractivity contribution in [3.8, 4) is 0 Å². The molecule has 0 saturated carbocycles. The normalized spacial score (nSPS) is 9.90. The van der Waals surface area contributed by atoms with E-state index in [1.165, 1.54) is 91.7 Å². The molecule has 0 rings (SSSR count). The molecule has 37 heteroatoms. The molecule has 0 amide bonds. The van der Waals surface area contributed by atoms with Crippen molar-refractivity contribution in [1.82, 2.24) is 0 Å². The van der Waals surface area contributed by atoms with E-state index in [0.29, 0.717) is 135 Å². The minimum atomic E-state index is -0.522. The lowest BCUT2D eigenvalue weighted by molar-refractivity contribution is -0.138. The zero-order valence-electron chi connectivity index (χ0n) is 91.8. The average Bonchev–Trinajstić information content (AvgIpc) is 0.992. The lowest BCUT2D eigenvalue weighted by Crippen LogP contribution is -2.18. The molecule has 0 unspecified atom stereocenters. The highest BCUT2D eigenvalue weighted by Gasteiger charge is 2.18. The van der Waals surface area contributed by atoms with E-state index in [0.717, 1.165) is 122 Å². The molecule has 0 fully saturated rings. The van der Waals surface area contributed by atoms with Gasteiger partial charge in [-0.2, -0.15) is 0 Å². The quantitative estimate of drug-likeness (QED) is 0.0310. The van der Waals surface area contributed by atoms with Crippen LogP contribution in [-0.2, 0) is 177 Å². The number of carbonyl (C=O) groups is 26. The van der Waals surface area contributed by atoms with Crippen LogP contribution < -0.4 is 0 Å². The summed E-state index contributed by atoms with van der Waals surface area (Å²) in [6.07, 6.45) is 27.7. The second-order valence-electron chi connectivity index (χ2n) is 33.6. The maximum absolute atomic E-state index is 11.4. The number of unbranched alkanes of at least 4 members (excludes halogenated alkanes) is 11. The van der Waals surface area contributed by atoms with Crippen LogP contribution in [0.25, 0.3) is 0 Å². The molecule has 144 heavy (non-hydrogen) atoms. The fourth-order valence-electron chi connectivity index (χ4n) is 11.0. The van der Waals surface area contributed by atoms with Crippen LogP contribution in [0.5, 0.6) is 0 Å². The summed E-state index contributed by atoms with van der Waals surface area (Å²) in [6, 6.07) is 0. The number of hydrogen-bond donors (Lipinski definition) is 0. The van der Waals surface area contributed by atoms with Crippen molar-refractivity contribution in [2.24, 2.45) is 0 Å². The minimum absolute atomic E-state index is 0.00181. The molecule has 0 aliphatic rings. The minimum Gasteiger partial charge on any atom is -0.385 e. The summed E-state index contributed by atoms with van der Waals surface area (Å²) in [5.74, 6) is -3.02. The van der Waals surface area contributed by atoms with Crippen molar-refractivity contribution in [2.75, 3.05) is 151 Å². The van der Waals surface area contributed by atoms with Crippen molar-refractivity contribution in [3.63, 3.8) is 0 Å². The van der Waals surface area contributed by atoms with Crippen LogP contribution >= 0.6 is 0 Å². The van der Waals surface area contributed by atoms with Crippen LogP contribution in [0.15, 0.2) is 0 Å². The topological polar surface area (TPSA) is 545 Å². The van der Waals surface area contributed by atoms with Gasteiger partial charge in [0.05, 0.1) is 25.7 Å². The Hall–Kier alpha value is -9.02. The molecule has 0 aliphatic heterocycles. The number of ketones is 26. The van der Waals surface area contributed by atoms with Crippen LogP contribution in [0, 0.1) is 0 Å². The number of hydrogen-bond acceptors (Lipinski definition) is 37. The number of Topliss-reactive ketones (excluding diaryl/α,β-unsaturated/α-hetero) is 26. The van der Waals surface area contributed by atoms with Gasteiger partial charge in [0.2, 0.25) is 23.1 Å². The van der Waals surface area contributed by atoms with E-state index in [9.17, 15) is 125 Å². The summed E-state index contributed by atoms with van der Waals surface area (Å²) in [4.78, 5) is 283. The molecule has 0 heterocycles. The van der Waals surface area contributed by atoms with E-state index in [2.05, 4.69) is 63.4 Å². The largest absolute Gasteiger partial charge is 0.385 e. The van der Waals surface area contributed by atoms with Crippen molar-refractivity contribution in [1.29, 1.82) is 0 Å². The maximum Gasteiger partial charge on any atom is 0.223 e. The highest BCUT2D eigenvalue weighted by molar-refractivity contribution is 6.38. The van der Waals surface area contributed by atoms with Gasteiger partial charge in [-0.25, -0.2) is 0 Å². The molecule has 834 valence electrons. The fourth-order valence-corrected chi connectivity index (χ4v) is 11.0. The zero-order chi connectivity index (χ0) is 113. The lowest BCUT2D eigenvalue weighted by atomic mass is 10.0. The van der Waals surface area contributed by atoms with Crippen LogP contribution in [0.1, 0.15) is 384 Å². The predicted octanol–water partition coefficient (Wildman–Crippen LogP) is 14.7. The first kappa shape index (κ1) is 158. The Bertz CT molecular complexity index is 3510. The average molecular weight is 2060 g/mol. The van der Waals surface area contributed by atoms with Gasteiger partial charge in [0, 0.05) is 240 Å². The third-order valence-electron chi connectivity index (χ3n) is 18.8. The molecule has 0 N–H and O–H groups in total. The van der Waals surface area contributed by atoms with Gasteiger partial charge in [-0.15, -0.1) is 0 Å². The summed E-state index contributed by atoms with van der Waals surface area (Å²) in [7, 11) is 16.3. The van der Waals surface area contributed by atoms with Gasteiger partial charge in [-0.3, -0.25) is 110 Å². The van der Waals surface area contributed by atoms with Crippen LogP contribution in [0.4, 0.5) is 0 Å². The summed E-state index contributed by atoms with van der Waals surface area (Å²) in [6.45, 7) is 20.9. The molecule has 0 saturated heterocycles. The first-order valence-corrected chi connectivity index (χ1v) is 50.0. The summed E-state index contributed by atoms with van der Waals surface area (Å²) < 4.78 is 51.2. The number of rotatable bonds is 85. The van der Waals surface area contributed by atoms with Gasteiger partial charge in [-0.1, -0.05) is 92.9 Å². The Morgan fingerprint density at radius 3 is 0.722 bits per heavy atom. The van der Waals surface area contributed by atoms with E-state index >= 15 is 0 Å². The maximum atomic E-state index is 11.4. The van der Waals surface area contributed by atoms with E-state index < -0.39 is 28.9 Å². The Balaban J connectivity index is -0.000000150. The molecule has 0 aromatic carbocycles. The number of methoxy groups -OCH3 is 11. The van der Waals surface area contributed by atoms with E-state index in [4.69, 9.17) is 9.47 Å². The van der Waals surface area contributed by atoms with Crippen molar-refractivity contribution < 1.29 is 177 Å². The van der Waals surface area contributed by atoms with Crippen LogP contribution in [-0.4, -0.2) is 301 Å². The Kier molecular flexibility index (Phi) is 134. The van der Waals surface area contributed by atoms with E-state index in [1.54, 1.807) is 21.1 Å². The third kappa shape index (κ3) is 144. The monoisotopic (exact) mass is 2060 g/mol. The molecule has 0 spiro atoms. The second-order valence-corrected chi connectivity index (χ2v) is 33.6. The SMILES string of the molecule is CCC(=O)CCCC(=O)COC.CCCC(=O)CCC(=O)COC.CCCCC(=O)CC(=O)COC.CCCCCC(=O)C(=O)COC.CCCCCC(=O)CC(=O)CCCCOC.CCCCCCC(=O)C(=O)CCCCOC.COCC(=O)C(=O)CCCC(C)=O.COCC(=O)CC(=O)CCC(C)=O.COCC(=O)CCC(=O)CC(C)=O.COCC(=O)CCCC(=O)C(C)=O.COCC(=O)CCCCC(C)=O. The van der Waals surface area contributed by atoms with Crippen LogP contribution in [0.3, 0.4) is 0 Å². The molecular formula is C107H184O37. The van der Waals surface area contributed by atoms with Gasteiger partial charge in [-0.05, 0) is 118 Å². The third-order valence-corrected chi connectivity index (χ3v) is 18.8. The van der Waals surface area contributed by atoms with Crippen molar-refractivity contribution in [3.05, 3.63) is 0 Å². The second kappa shape index (κ2) is 123.